The molecule has 0 bridgehead atoms. The number of anilines is 1. The molecule has 5 rings (SSSR count). The number of aliphatic hydroxyl groups is 1. The molecule has 0 unspecified atom stereocenters. The summed E-state index contributed by atoms with van der Waals surface area (Å²) in [5, 5.41) is 19.6. The lowest BCUT2D eigenvalue weighted by atomic mass is 10.0. The first-order chi connectivity index (χ1) is 21.0. The van der Waals surface area contributed by atoms with Gasteiger partial charge in [-0.2, -0.15) is 4.98 Å². The minimum atomic E-state index is -1.08. The molecule has 0 saturated carbocycles. The van der Waals surface area contributed by atoms with Crippen molar-refractivity contribution in [2.45, 2.75) is 52.1 Å². The number of aliphatic hydroxyl groups excluding tert-OH is 1. The quantitative estimate of drug-likeness (QED) is 0.297. The zero-order chi connectivity index (χ0) is 31.9. The van der Waals surface area contributed by atoms with E-state index in [0.717, 1.165) is 12.1 Å². The third-order valence-electron chi connectivity index (χ3n) is 7.90. The van der Waals surface area contributed by atoms with Crippen molar-refractivity contribution in [2.24, 2.45) is 0 Å². The average molecular weight is 607 g/mol. The lowest BCUT2D eigenvalue weighted by molar-refractivity contribution is 0.112. The number of rotatable bonds is 7. The van der Waals surface area contributed by atoms with Crippen LogP contribution in [0.1, 0.15) is 55.2 Å². The van der Waals surface area contributed by atoms with Crippen molar-refractivity contribution < 1.29 is 28.6 Å². The van der Waals surface area contributed by atoms with E-state index in [1.807, 2.05) is 13.8 Å². The third kappa shape index (κ3) is 5.27. The number of aldehydes is 1. The fourth-order valence-electron chi connectivity index (χ4n) is 5.79. The Labute approximate surface area is 251 Å². The normalized spacial score (nSPS) is 17.0. The number of benzene rings is 1. The summed E-state index contributed by atoms with van der Waals surface area (Å²) in [4.78, 5) is 54.1. The Morgan fingerprint density at radius 2 is 1.86 bits per heavy atom. The second-order valence-electron chi connectivity index (χ2n) is 11.2. The molecule has 3 aromatic heterocycles. The van der Waals surface area contributed by atoms with Crippen molar-refractivity contribution in [1.82, 2.24) is 24.4 Å². The minimum absolute atomic E-state index is 0.0638. The highest BCUT2D eigenvalue weighted by molar-refractivity contribution is 5.93. The van der Waals surface area contributed by atoms with Gasteiger partial charge in [-0.05, 0) is 49.9 Å². The molecule has 230 valence electrons. The maximum Gasteiger partial charge on any atom is 0.407 e. The third-order valence-corrected chi connectivity index (χ3v) is 7.90. The number of nitrogens with zero attached hydrogens (tertiary/aromatic N) is 6. The summed E-state index contributed by atoms with van der Waals surface area (Å²) in [6, 6.07) is 5.59. The number of amides is 1. The maximum atomic E-state index is 16.0. The lowest BCUT2D eigenvalue weighted by Gasteiger charge is -2.43. The molecule has 2 N–H and O–H groups in total. The van der Waals surface area contributed by atoms with Gasteiger partial charge in [-0.1, -0.05) is 26.0 Å². The fraction of sp³-hybridized carbons (Fsp3) is 0.355. The molecule has 1 fully saturated rings. The van der Waals surface area contributed by atoms with Crippen LogP contribution in [0.3, 0.4) is 0 Å². The van der Waals surface area contributed by atoms with Crippen LogP contribution in [0.4, 0.5) is 19.4 Å². The van der Waals surface area contributed by atoms with Crippen LogP contribution in [-0.2, 0) is 6.42 Å². The minimum Gasteiger partial charge on any atom is -0.465 e. The van der Waals surface area contributed by atoms with Gasteiger partial charge in [-0.3, -0.25) is 9.78 Å². The molecule has 1 saturated heterocycles. The Balaban J connectivity index is 1.89. The van der Waals surface area contributed by atoms with Crippen LogP contribution >= 0.6 is 0 Å². The molecule has 4 heterocycles. The van der Waals surface area contributed by atoms with Crippen molar-refractivity contribution in [1.29, 1.82) is 0 Å². The highest BCUT2D eigenvalue weighted by Crippen LogP contribution is 2.35. The number of hydrogen-bond donors (Lipinski definition) is 2. The topological polar surface area (TPSA) is 142 Å². The molecule has 1 aliphatic rings. The first-order valence-corrected chi connectivity index (χ1v) is 14.2. The number of hydrogen-bond acceptors (Lipinski definition) is 8. The van der Waals surface area contributed by atoms with Crippen LogP contribution in [-0.4, -0.2) is 78.8 Å². The summed E-state index contributed by atoms with van der Waals surface area (Å²) in [5.74, 6) is -1.93. The molecule has 13 heteroatoms. The van der Waals surface area contributed by atoms with E-state index in [1.54, 1.807) is 31.0 Å². The van der Waals surface area contributed by atoms with Crippen LogP contribution in [0.25, 0.3) is 28.0 Å². The second kappa shape index (κ2) is 12.1. The van der Waals surface area contributed by atoms with Gasteiger partial charge in [-0.15, -0.1) is 0 Å². The zero-order valence-electron chi connectivity index (χ0n) is 24.7. The average Bonchev–Trinajstić information content (AvgIpc) is 2.98. The lowest BCUT2D eigenvalue weighted by Crippen LogP contribution is -2.58. The van der Waals surface area contributed by atoms with Gasteiger partial charge in [0.1, 0.15) is 17.3 Å². The van der Waals surface area contributed by atoms with E-state index in [0.29, 0.717) is 23.2 Å². The first-order valence-electron chi connectivity index (χ1n) is 14.2. The van der Waals surface area contributed by atoms with Gasteiger partial charge in [0.05, 0.1) is 16.8 Å². The van der Waals surface area contributed by atoms with E-state index < -0.39 is 41.2 Å². The van der Waals surface area contributed by atoms with Gasteiger partial charge < -0.3 is 20.0 Å². The molecule has 1 aliphatic heterocycles. The Morgan fingerprint density at radius 3 is 2.52 bits per heavy atom. The monoisotopic (exact) mass is 606 g/mol. The zero-order valence-corrected chi connectivity index (χ0v) is 24.7. The Kier molecular flexibility index (Phi) is 8.42. The number of pyridine rings is 2. The number of halogens is 2. The molecule has 1 amide bonds. The highest BCUT2D eigenvalue weighted by atomic mass is 19.1. The molecule has 11 nitrogen and oxygen atoms in total. The van der Waals surface area contributed by atoms with E-state index in [-0.39, 0.29) is 60.0 Å². The summed E-state index contributed by atoms with van der Waals surface area (Å²) in [6.07, 6.45) is 1.05. The van der Waals surface area contributed by atoms with E-state index in [9.17, 15) is 24.6 Å². The van der Waals surface area contributed by atoms with E-state index in [1.165, 1.54) is 21.6 Å². The molecule has 2 atom stereocenters. The SMILES string of the molecule is CC(C)c1nccc(CCO)c1-n1c(=O)nc(N2C[C@@H](C)N(C(=O)O)C[C@@H]2C)c2cc(F)c(-c3c(F)cccc3C=O)nc21. The first kappa shape index (κ1) is 30.7. The number of carbonyl (C=O) groups is 2. The molecule has 0 aliphatic carbocycles. The molecular weight excluding hydrogens is 574 g/mol. The molecular formula is C31H32F2N6O5. The largest absolute Gasteiger partial charge is 0.465 e. The van der Waals surface area contributed by atoms with Crippen LogP contribution in [0.2, 0.25) is 0 Å². The van der Waals surface area contributed by atoms with Gasteiger partial charge in [0, 0.05) is 49.1 Å². The van der Waals surface area contributed by atoms with Gasteiger partial charge >= 0.3 is 11.8 Å². The van der Waals surface area contributed by atoms with Gasteiger partial charge in [-0.25, -0.2) is 27.9 Å². The Hall–Kier alpha value is -4.78. The predicted octanol–water partition coefficient (Wildman–Crippen LogP) is 4.17. The van der Waals surface area contributed by atoms with Crippen molar-refractivity contribution in [2.75, 3.05) is 24.6 Å². The molecule has 44 heavy (non-hydrogen) atoms. The fourth-order valence-corrected chi connectivity index (χ4v) is 5.79. The predicted molar refractivity (Wildman–Crippen MR) is 160 cm³/mol. The van der Waals surface area contributed by atoms with Crippen molar-refractivity contribution in [3.63, 3.8) is 0 Å². The van der Waals surface area contributed by atoms with E-state index >= 15 is 8.78 Å². The van der Waals surface area contributed by atoms with Gasteiger partial charge in [0.2, 0.25) is 0 Å². The number of carboxylic acid groups (broad SMARTS) is 1. The van der Waals surface area contributed by atoms with Crippen LogP contribution in [0.15, 0.2) is 41.3 Å². The van der Waals surface area contributed by atoms with Gasteiger partial charge in [0.25, 0.3) is 0 Å². The van der Waals surface area contributed by atoms with E-state index in [2.05, 4.69) is 15.0 Å². The van der Waals surface area contributed by atoms with Crippen LogP contribution in [0.5, 0.6) is 0 Å². The Morgan fingerprint density at radius 1 is 1.11 bits per heavy atom. The van der Waals surface area contributed by atoms with Crippen molar-refractivity contribution in [3.05, 3.63) is 75.5 Å². The summed E-state index contributed by atoms with van der Waals surface area (Å²) in [6.45, 7) is 7.28. The molecule has 0 spiro atoms. The van der Waals surface area contributed by atoms with Crippen molar-refractivity contribution in [3.8, 4) is 16.9 Å². The highest BCUT2D eigenvalue weighted by Gasteiger charge is 2.35. The number of aromatic nitrogens is 4. The summed E-state index contributed by atoms with van der Waals surface area (Å²) < 4.78 is 32.4. The standard InChI is InChI=1S/C31H32F2N6O5/c1-16(2)25-27(19(9-11-40)8-10-34-25)39-29-21(12-23(33)26(35-29)24-20(15-41)6-5-7-22(24)32)28(36-30(39)42)37-13-18(4)38(31(43)44)14-17(37)3/h5-8,10,12,15-18,40H,9,11,13-14H2,1-4H3,(H,43,44)/t17-,18+/m0/s1. The van der Waals surface area contributed by atoms with Crippen molar-refractivity contribution >= 4 is 29.2 Å². The Bertz CT molecular complexity index is 1830. The summed E-state index contributed by atoms with van der Waals surface area (Å²) in [5.41, 5.74) is -0.428. The maximum absolute atomic E-state index is 16.0. The smallest absolute Gasteiger partial charge is 0.407 e. The second-order valence-corrected chi connectivity index (χ2v) is 11.2. The summed E-state index contributed by atoms with van der Waals surface area (Å²) in [7, 11) is 0. The van der Waals surface area contributed by atoms with Crippen LogP contribution < -0.4 is 10.6 Å². The van der Waals surface area contributed by atoms with Crippen LogP contribution in [0, 0.1) is 11.6 Å². The summed E-state index contributed by atoms with van der Waals surface area (Å²) >= 11 is 0. The molecule has 0 radical (unpaired) electrons. The van der Waals surface area contributed by atoms with Gasteiger partial charge in [0.15, 0.2) is 17.8 Å². The number of piperazine rings is 1. The number of fused-ring (bicyclic) bond motifs is 1. The van der Waals surface area contributed by atoms with E-state index in [4.69, 9.17) is 0 Å². The molecule has 1 aromatic carbocycles. The molecule has 4 aromatic rings. The number of carbonyl (C=O) groups excluding carboxylic acids is 1.